The normalized spacial score (nSPS) is 13.6. The van der Waals surface area contributed by atoms with E-state index in [2.05, 4.69) is 0 Å². The summed E-state index contributed by atoms with van der Waals surface area (Å²) in [5, 5.41) is 10.9. The highest BCUT2D eigenvalue weighted by Gasteiger charge is 2.43. The van der Waals surface area contributed by atoms with Gasteiger partial charge in [-0.25, -0.2) is 4.79 Å². The van der Waals surface area contributed by atoms with Gasteiger partial charge in [-0.3, -0.25) is 9.59 Å². The predicted molar refractivity (Wildman–Crippen MR) is 117 cm³/mol. The third-order valence-electron chi connectivity index (χ3n) is 5.70. The van der Waals surface area contributed by atoms with Crippen LogP contribution in [0.5, 0.6) is 0 Å². The lowest BCUT2D eigenvalue weighted by Gasteiger charge is -2.27. The van der Waals surface area contributed by atoms with Crippen molar-refractivity contribution in [3.05, 3.63) is 59.7 Å². The van der Waals surface area contributed by atoms with Crippen LogP contribution in [0, 0.1) is 5.92 Å². The summed E-state index contributed by atoms with van der Waals surface area (Å²) >= 11 is 0. The van der Waals surface area contributed by atoms with Crippen LogP contribution in [0.3, 0.4) is 0 Å². The van der Waals surface area contributed by atoms with Crippen LogP contribution >= 0.6 is 0 Å². The summed E-state index contributed by atoms with van der Waals surface area (Å²) < 4.78 is 34.0. The monoisotopic (exact) mass is 460 g/mol. The summed E-state index contributed by atoms with van der Waals surface area (Å²) in [5.41, 5.74) is 4.04. The lowest BCUT2D eigenvalue weighted by molar-refractivity contribution is -0.158. The molecule has 0 aliphatic heterocycles. The van der Waals surface area contributed by atoms with E-state index in [1.54, 1.807) is 0 Å². The first-order valence-electron chi connectivity index (χ1n) is 10.6. The van der Waals surface area contributed by atoms with Crippen LogP contribution in [0.15, 0.2) is 48.5 Å². The molecule has 1 aliphatic carbocycles. The van der Waals surface area contributed by atoms with Crippen LogP contribution in [0.25, 0.3) is 11.1 Å². The minimum absolute atomic E-state index is 0.0451. The van der Waals surface area contributed by atoms with Crippen LogP contribution in [0.2, 0.25) is 0 Å². The van der Waals surface area contributed by atoms with Crippen molar-refractivity contribution in [1.82, 2.24) is 10.2 Å². The molecule has 1 unspecified atom stereocenters. The number of fused-ring (bicyclic) bond motifs is 3. The zero-order valence-corrected chi connectivity index (χ0v) is 18.4. The Morgan fingerprint density at radius 3 is 2.15 bits per heavy atom. The van der Waals surface area contributed by atoms with Gasteiger partial charge < -0.3 is 20.1 Å². The van der Waals surface area contributed by atoms with Gasteiger partial charge in [-0.05, 0) is 29.2 Å². The number of hydrogen-bond acceptors (Lipinski definition) is 4. The van der Waals surface area contributed by atoms with E-state index in [-0.39, 0.29) is 25.6 Å². The van der Waals surface area contributed by atoms with E-state index < -0.39 is 36.4 Å². The molecule has 0 saturated carbocycles. The van der Waals surface area contributed by atoms with E-state index in [0.29, 0.717) is 0 Å². The maximum atomic E-state index is 14.4. The number of benzene rings is 2. The zero-order valence-electron chi connectivity index (χ0n) is 18.4. The lowest BCUT2D eigenvalue weighted by Crippen LogP contribution is -2.51. The smallest absolute Gasteiger partial charge is 0.407 e. The molecule has 0 bridgehead atoms. The van der Waals surface area contributed by atoms with Gasteiger partial charge in [-0.1, -0.05) is 55.5 Å². The molecule has 0 aromatic heterocycles. The Morgan fingerprint density at radius 2 is 1.64 bits per heavy atom. The molecular formula is C24H26F2N2O5. The number of halogens is 2. The van der Waals surface area contributed by atoms with Crippen LogP contribution in [-0.2, 0) is 14.3 Å². The van der Waals surface area contributed by atoms with E-state index in [1.165, 1.54) is 13.8 Å². The van der Waals surface area contributed by atoms with Gasteiger partial charge in [0, 0.05) is 19.0 Å². The molecular weight excluding hydrogens is 434 g/mol. The lowest BCUT2D eigenvalue weighted by atomic mass is 9.98. The maximum absolute atomic E-state index is 14.4. The maximum Gasteiger partial charge on any atom is 0.407 e. The number of nitrogens with zero attached hydrogens (tertiary/aromatic N) is 1. The van der Waals surface area contributed by atoms with E-state index in [0.717, 1.165) is 27.2 Å². The summed E-state index contributed by atoms with van der Waals surface area (Å²) in [7, 11) is 0. The van der Waals surface area contributed by atoms with Crippen LogP contribution < -0.4 is 5.32 Å². The standard InChI is InChI=1S/C24H26F2N2O5/c1-3-28(12-15(2)21(29)30)22(31)24(25,26)14-27-23(32)33-13-20-18-10-6-4-8-16(18)17-9-5-7-11-19(17)20/h4-11,15,20H,3,12-14H2,1-2H3,(H,27,32)(H,29,30). The summed E-state index contributed by atoms with van der Waals surface area (Å²) in [6.07, 6.45) is -1.06. The van der Waals surface area contributed by atoms with Crippen LogP contribution in [-0.4, -0.2) is 60.1 Å². The highest BCUT2D eigenvalue weighted by Crippen LogP contribution is 2.44. The van der Waals surface area contributed by atoms with Crippen molar-refractivity contribution in [2.45, 2.75) is 25.7 Å². The first-order chi connectivity index (χ1) is 15.7. The summed E-state index contributed by atoms with van der Waals surface area (Å²) in [4.78, 5) is 36.1. The number of carboxylic acids is 1. The topological polar surface area (TPSA) is 95.9 Å². The van der Waals surface area contributed by atoms with E-state index in [1.807, 2.05) is 53.8 Å². The predicted octanol–water partition coefficient (Wildman–Crippen LogP) is 3.73. The highest BCUT2D eigenvalue weighted by atomic mass is 19.3. The highest BCUT2D eigenvalue weighted by molar-refractivity contribution is 5.85. The fourth-order valence-corrected chi connectivity index (χ4v) is 3.90. The number of ether oxygens (including phenoxy) is 1. The third-order valence-corrected chi connectivity index (χ3v) is 5.70. The van der Waals surface area contributed by atoms with Gasteiger partial charge in [0.1, 0.15) is 6.61 Å². The van der Waals surface area contributed by atoms with Crippen molar-refractivity contribution in [2.75, 3.05) is 26.2 Å². The first-order valence-corrected chi connectivity index (χ1v) is 10.6. The molecule has 7 nitrogen and oxygen atoms in total. The Balaban J connectivity index is 1.58. The fraction of sp³-hybridized carbons (Fsp3) is 0.375. The number of aliphatic carboxylic acids is 1. The van der Waals surface area contributed by atoms with Gasteiger partial charge in [0.15, 0.2) is 0 Å². The molecule has 0 fully saturated rings. The molecule has 1 aliphatic rings. The molecule has 2 aromatic rings. The molecule has 3 rings (SSSR count). The Morgan fingerprint density at radius 1 is 1.09 bits per heavy atom. The second kappa shape index (κ2) is 9.97. The number of carbonyl (C=O) groups excluding carboxylic acids is 2. The molecule has 1 atom stereocenters. The SMILES string of the molecule is CCN(CC(C)C(=O)O)C(=O)C(F)(F)CNC(=O)OCC1c2ccccc2-c2ccccc21. The molecule has 2 N–H and O–H groups in total. The van der Waals surface area contributed by atoms with Gasteiger partial charge in [0.05, 0.1) is 12.5 Å². The number of hydrogen-bond donors (Lipinski definition) is 2. The molecule has 0 saturated heterocycles. The summed E-state index contributed by atoms with van der Waals surface area (Å²) in [6, 6.07) is 15.4. The van der Waals surface area contributed by atoms with Crippen molar-refractivity contribution in [3.63, 3.8) is 0 Å². The first kappa shape index (κ1) is 24.2. The summed E-state index contributed by atoms with van der Waals surface area (Å²) in [6.45, 7) is 1.06. The Bertz CT molecular complexity index is 998. The molecule has 0 spiro atoms. The molecule has 176 valence electrons. The van der Waals surface area contributed by atoms with E-state index >= 15 is 0 Å². The summed E-state index contributed by atoms with van der Waals surface area (Å²) in [5.74, 6) is -7.86. The molecule has 33 heavy (non-hydrogen) atoms. The number of alkyl halides is 2. The van der Waals surface area contributed by atoms with Gasteiger partial charge >= 0.3 is 18.0 Å². The van der Waals surface area contributed by atoms with E-state index in [4.69, 9.17) is 9.84 Å². The van der Waals surface area contributed by atoms with Gasteiger partial charge in [0.2, 0.25) is 0 Å². The average Bonchev–Trinajstić information content (AvgIpc) is 3.13. The molecule has 2 aromatic carbocycles. The third kappa shape index (κ3) is 5.30. The Hall–Kier alpha value is -3.49. The van der Waals surface area contributed by atoms with Crippen molar-refractivity contribution in [2.24, 2.45) is 5.92 Å². The number of amides is 2. The average molecular weight is 460 g/mol. The number of alkyl carbamates (subject to hydrolysis) is 1. The van der Waals surface area contributed by atoms with Crippen molar-refractivity contribution >= 4 is 18.0 Å². The van der Waals surface area contributed by atoms with Gasteiger partial charge in [-0.2, -0.15) is 8.78 Å². The van der Waals surface area contributed by atoms with Gasteiger partial charge in [-0.15, -0.1) is 0 Å². The van der Waals surface area contributed by atoms with Crippen molar-refractivity contribution < 1.29 is 33.0 Å². The molecule has 0 radical (unpaired) electrons. The Labute approximate surface area is 190 Å². The number of nitrogens with one attached hydrogen (secondary N) is 1. The largest absolute Gasteiger partial charge is 0.481 e. The van der Waals surface area contributed by atoms with Crippen LogP contribution in [0.4, 0.5) is 13.6 Å². The Kier molecular flexibility index (Phi) is 7.30. The van der Waals surface area contributed by atoms with Crippen molar-refractivity contribution in [1.29, 1.82) is 0 Å². The molecule has 0 heterocycles. The zero-order chi connectivity index (χ0) is 24.2. The fourth-order valence-electron chi connectivity index (χ4n) is 3.90. The minimum atomic E-state index is -3.90. The number of rotatable bonds is 9. The number of carboxylic acid groups (broad SMARTS) is 1. The molecule has 2 amide bonds. The van der Waals surface area contributed by atoms with Crippen LogP contribution in [0.1, 0.15) is 30.9 Å². The second-order valence-electron chi connectivity index (χ2n) is 7.97. The quantitative estimate of drug-likeness (QED) is 0.595. The van der Waals surface area contributed by atoms with E-state index in [9.17, 15) is 23.2 Å². The minimum Gasteiger partial charge on any atom is -0.481 e. The number of carbonyl (C=O) groups is 3. The van der Waals surface area contributed by atoms with Crippen molar-refractivity contribution in [3.8, 4) is 11.1 Å². The van der Waals surface area contributed by atoms with Gasteiger partial charge in [0.25, 0.3) is 5.91 Å². The second-order valence-corrected chi connectivity index (χ2v) is 7.97. The molecule has 9 heteroatoms.